The van der Waals surface area contributed by atoms with Crippen molar-refractivity contribution in [1.29, 1.82) is 0 Å². The Morgan fingerprint density at radius 3 is 2.23 bits per heavy atom. The van der Waals surface area contributed by atoms with Crippen LogP contribution < -0.4 is 4.90 Å². The van der Waals surface area contributed by atoms with Gasteiger partial charge >= 0.3 is 0 Å². The normalized spacial score (nSPS) is 15.8. The number of anilines is 1. The lowest BCUT2D eigenvalue weighted by molar-refractivity contribution is 0.312. The molecule has 26 heavy (non-hydrogen) atoms. The molecule has 1 fully saturated rings. The molecule has 0 saturated carbocycles. The van der Waals surface area contributed by atoms with Crippen molar-refractivity contribution in [3.8, 4) is 0 Å². The SMILES string of the molecule is CN1CCN(c2nc3ccccc3nc2/C=C/c2ccccc2Cl)CC1. The van der Waals surface area contributed by atoms with Gasteiger partial charge in [0.1, 0.15) is 5.69 Å². The maximum absolute atomic E-state index is 6.29. The lowest BCUT2D eigenvalue weighted by Crippen LogP contribution is -2.45. The minimum atomic E-state index is 0.735. The Labute approximate surface area is 158 Å². The van der Waals surface area contributed by atoms with Crippen LogP contribution in [-0.2, 0) is 0 Å². The Hall–Kier alpha value is -2.43. The van der Waals surface area contributed by atoms with Crippen LogP contribution in [0.4, 0.5) is 5.82 Å². The molecule has 1 saturated heterocycles. The van der Waals surface area contributed by atoms with Crippen LogP contribution in [0.25, 0.3) is 23.2 Å². The topological polar surface area (TPSA) is 32.3 Å². The van der Waals surface area contributed by atoms with E-state index in [0.717, 1.165) is 59.3 Å². The monoisotopic (exact) mass is 364 g/mol. The van der Waals surface area contributed by atoms with E-state index in [-0.39, 0.29) is 0 Å². The molecule has 2 aromatic carbocycles. The molecule has 4 nitrogen and oxygen atoms in total. The molecule has 0 unspecified atom stereocenters. The van der Waals surface area contributed by atoms with Gasteiger partial charge in [0.05, 0.1) is 11.0 Å². The van der Waals surface area contributed by atoms with Crippen molar-refractivity contribution in [1.82, 2.24) is 14.9 Å². The molecular weight excluding hydrogens is 344 g/mol. The van der Waals surface area contributed by atoms with Crippen molar-refractivity contribution in [2.24, 2.45) is 0 Å². The number of aromatic nitrogens is 2. The standard InChI is InChI=1S/C21H21ClN4/c1-25-12-14-26(15-13-25)21-20(11-10-16-6-2-3-7-17(16)22)23-18-8-4-5-9-19(18)24-21/h2-11H,12-15H2,1H3/b11-10+. The van der Waals surface area contributed by atoms with Crippen molar-refractivity contribution in [3.63, 3.8) is 0 Å². The maximum atomic E-state index is 6.29. The number of hydrogen-bond acceptors (Lipinski definition) is 4. The summed E-state index contributed by atoms with van der Waals surface area (Å²) >= 11 is 6.29. The molecule has 0 radical (unpaired) electrons. The summed E-state index contributed by atoms with van der Waals surface area (Å²) in [5, 5.41) is 0.735. The van der Waals surface area contributed by atoms with Gasteiger partial charge in [-0.2, -0.15) is 0 Å². The molecule has 0 bridgehead atoms. The van der Waals surface area contributed by atoms with Crippen LogP contribution in [0.5, 0.6) is 0 Å². The second-order valence-corrected chi connectivity index (χ2v) is 6.97. The van der Waals surface area contributed by atoms with Gasteiger partial charge < -0.3 is 9.80 Å². The highest BCUT2D eigenvalue weighted by Gasteiger charge is 2.19. The van der Waals surface area contributed by atoms with Crippen LogP contribution in [0.15, 0.2) is 48.5 Å². The van der Waals surface area contributed by atoms with Gasteiger partial charge in [0.15, 0.2) is 5.82 Å². The zero-order valence-corrected chi connectivity index (χ0v) is 15.5. The van der Waals surface area contributed by atoms with E-state index in [0.29, 0.717) is 0 Å². The third-order valence-corrected chi connectivity index (χ3v) is 5.05. The molecule has 1 aliphatic rings. The van der Waals surface area contributed by atoms with E-state index in [9.17, 15) is 0 Å². The van der Waals surface area contributed by atoms with Gasteiger partial charge in [-0.25, -0.2) is 9.97 Å². The lowest BCUT2D eigenvalue weighted by Gasteiger charge is -2.33. The first-order valence-electron chi connectivity index (χ1n) is 8.83. The second kappa shape index (κ2) is 7.44. The van der Waals surface area contributed by atoms with E-state index < -0.39 is 0 Å². The van der Waals surface area contributed by atoms with Crippen molar-refractivity contribution in [2.45, 2.75) is 0 Å². The summed E-state index contributed by atoms with van der Waals surface area (Å²) in [4.78, 5) is 14.4. The Kier molecular flexibility index (Phi) is 4.87. The van der Waals surface area contributed by atoms with Gasteiger partial charge in [-0.1, -0.05) is 48.0 Å². The van der Waals surface area contributed by atoms with Crippen LogP contribution >= 0.6 is 11.6 Å². The summed E-state index contributed by atoms with van der Waals surface area (Å²) in [6.45, 7) is 3.97. The largest absolute Gasteiger partial charge is 0.352 e. The van der Waals surface area contributed by atoms with Gasteiger partial charge in [0, 0.05) is 31.2 Å². The molecule has 5 heteroatoms. The van der Waals surface area contributed by atoms with Crippen molar-refractivity contribution < 1.29 is 0 Å². The molecule has 2 heterocycles. The fourth-order valence-electron chi connectivity index (χ4n) is 3.15. The molecule has 132 valence electrons. The van der Waals surface area contributed by atoms with Crippen LogP contribution in [0, 0.1) is 0 Å². The van der Waals surface area contributed by atoms with Crippen LogP contribution in [-0.4, -0.2) is 48.1 Å². The molecule has 3 aromatic rings. The summed E-state index contributed by atoms with van der Waals surface area (Å²) in [6.07, 6.45) is 4.04. The molecule has 0 N–H and O–H groups in total. The summed E-state index contributed by atoms with van der Waals surface area (Å²) in [7, 11) is 2.15. The summed E-state index contributed by atoms with van der Waals surface area (Å²) in [5.74, 6) is 0.945. The third-order valence-electron chi connectivity index (χ3n) is 4.71. The Bertz CT molecular complexity index is 946. The predicted molar refractivity (Wildman–Crippen MR) is 110 cm³/mol. The number of piperazine rings is 1. The van der Waals surface area contributed by atoms with Gasteiger partial charge in [-0.05, 0) is 36.9 Å². The van der Waals surface area contributed by atoms with E-state index in [1.807, 2.05) is 60.7 Å². The number of benzene rings is 2. The van der Waals surface area contributed by atoms with Crippen LogP contribution in [0.1, 0.15) is 11.3 Å². The summed E-state index contributed by atoms with van der Waals surface area (Å²) in [5.41, 5.74) is 3.70. The van der Waals surface area contributed by atoms with E-state index in [1.165, 1.54) is 0 Å². The maximum Gasteiger partial charge on any atom is 0.155 e. The minimum absolute atomic E-state index is 0.735. The number of halogens is 1. The summed E-state index contributed by atoms with van der Waals surface area (Å²) < 4.78 is 0. The van der Waals surface area contributed by atoms with Gasteiger partial charge in [0.2, 0.25) is 0 Å². The summed E-state index contributed by atoms with van der Waals surface area (Å²) in [6, 6.07) is 15.8. The highest BCUT2D eigenvalue weighted by Crippen LogP contribution is 2.25. The lowest BCUT2D eigenvalue weighted by atomic mass is 10.2. The smallest absolute Gasteiger partial charge is 0.155 e. The highest BCUT2D eigenvalue weighted by molar-refractivity contribution is 6.32. The molecule has 1 aliphatic heterocycles. The first-order valence-corrected chi connectivity index (χ1v) is 9.21. The van der Waals surface area contributed by atoms with Gasteiger partial charge in [-0.15, -0.1) is 0 Å². The number of fused-ring (bicyclic) bond motifs is 1. The number of rotatable bonds is 3. The molecule has 0 atom stereocenters. The Morgan fingerprint density at radius 1 is 0.846 bits per heavy atom. The molecule has 4 rings (SSSR count). The van der Waals surface area contributed by atoms with E-state index in [2.05, 4.69) is 16.8 Å². The Morgan fingerprint density at radius 2 is 1.50 bits per heavy atom. The predicted octanol–water partition coefficient (Wildman–Crippen LogP) is 4.21. The van der Waals surface area contributed by atoms with Crippen molar-refractivity contribution in [3.05, 3.63) is 64.8 Å². The molecule has 0 aliphatic carbocycles. The van der Waals surface area contributed by atoms with Crippen molar-refractivity contribution in [2.75, 3.05) is 38.1 Å². The molecule has 0 spiro atoms. The quantitative estimate of drug-likeness (QED) is 0.697. The second-order valence-electron chi connectivity index (χ2n) is 6.57. The third kappa shape index (κ3) is 3.57. The Balaban J connectivity index is 1.76. The zero-order valence-electron chi connectivity index (χ0n) is 14.8. The first-order chi connectivity index (χ1) is 12.7. The number of para-hydroxylation sites is 2. The molecule has 0 amide bonds. The molecule has 1 aromatic heterocycles. The van der Waals surface area contributed by atoms with E-state index in [4.69, 9.17) is 21.6 Å². The fourth-order valence-corrected chi connectivity index (χ4v) is 3.34. The van der Waals surface area contributed by atoms with Gasteiger partial charge in [0.25, 0.3) is 0 Å². The average Bonchev–Trinajstić information content (AvgIpc) is 2.67. The number of nitrogens with zero attached hydrogens (tertiary/aromatic N) is 4. The van der Waals surface area contributed by atoms with Crippen molar-refractivity contribution >= 4 is 40.6 Å². The first kappa shape index (κ1) is 17.0. The van der Waals surface area contributed by atoms with E-state index in [1.54, 1.807) is 0 Å². The molecular formula is C21H21ClN4. The zero-order chi connectivity index (χ0) is 17.9. The van der Waals surface area contributed by atoms with Crippen LogP contribution in [0.3, 0.4) is 0 Å². The van der Waals surface area contributed by atoms with Crippen LogP contribution in [0.2, 0.25) is 5.02 Å². The average molecular weight is 365 g/mol. The number of likely N-dealkylation sites (N-methyl/N-ethyl adjacent to an activating group) is 1. The fraction of sp³-hybridized carbons (Fsp3) is 0.238. The van der Waals surface area contributed by atoms with E-state index >= 15 is 0 Å². The van der Waals surface area contributed by atoms with Gasteiger partial charge in [-0.3, -0.25) is 0 Å². The number of hydrogen-bond donors (Lipinski definition) is 0. The minimum Gasteiger partial charge on any atom is -0.352 e. The highest BCUT2D eigenvalue weighted by atomic mass is 35.5.